The zero-order valence-corrected chi connectivity index (χ0v) is 12.9. The van der Waals surface area contributed by atoms with Gasteiger partial charge in [0.1, 0.15) is 0 Å². The van der Waals surface area contributed by atoms with Crippen LogP contribution in [0.25, 0.3) is 10.8 Å². The van der Waals surface area contributed by atoms with Gasteiger partial charge < -0.3 is 11.1 Å². The molecule has 0 heterocycles. The normalized spacial score (nSPS) is 13.9. The molecule has 0 radical (unpaired) electrons. The fourth-order valence-electron chi connectivity index (χ4n) is 2.85. The Morgan fingerprint density at radius 2 is 1.55 bits per heavy atom. The molecule has 2 heteroatoms. The van der Waals surface area contributed by atoms with E-state index in [1.807, 2.05) is 6.07 Å². The summed E-state index contributed by atoms with van der Waals surface area (Å²) in [4.78, 5) is 0. The smallest absolute Gasteiger partial charge is 0.0428 e. The third kappa shape index (κ3) is 3.19. The van der Waals surface area contributed by atoms with E-state index < -0.39 is 0 Å². The Balaban J connectivity index is 1.73. The van der Waals surface area contributed by atoms with Gasteiger partial charge in [0, 0.05) is 18.6 Å². The average molecular weight is 290 g/mol. The number of nitrogens with one attached hydrogen (secondary N) is 1. The van der Waals surface area contributed by atoms with E-state index in [0.717, 1.165) is 6.54 Å². The predicted molar refractivity (Wildman–Crippen MR) is 93.7 cm³/mol. The van der Waals surface area contributed by atoms with E-state index in [4.69, 9.17) is 5.73 Å². The zero-order chi connectivity index (χ0) is 15.4. The van der Waals surface area contributed by atoms with Crippen molar-refractivity contribution < 1.29 is 0 Å². The minimum atomic E-state index is -0.0164. The maximum atomic E-state index is 6.42. The summed E-state index contributed by atoms with van der Waals surface area (Å²) >= 11 is 0. The van der Waals surface area contributed by atoms with Crippen LogP contribution in [0.1, 0.15) is 30.1 Å². The second kappa shape index (κ2) is 6.73. The van der Waals surface area contributed by atoms with Crippen LogP contribution in [-0.2, 0) is 0 Å². The quantitative estimate of drug-likeness (QED) is 0.739. The summed E-state index contributed by atoms with van der Waals surface area (Å²) < 4.78 is 0. The molecule has 0 fully saturated rings. The predicted octanol–water partition coefficient (Wildman–Crippen LogP) is 4.19. The molecule has 2 nitrogen and oxygen atoms in total. The second-order valence-electron chi connectivity index (χ2n) is 5.72. The van der Waals surface area contributed by atoms with E-state index in [2.05, 4.69) is 79.0 Å². The van der Waals surface area contributed by atoms with E-state index in [-0.39, 0.29) is 6.04 Å². The van der Waals surface area contributed by atoms with Crippen LogP contribution in [0, 0.1) is 0 Å². The van der Waals surface area contributed by atoms with Crippen LogP contribution < -0.4 is 11.1 Å². The van der Waals surface area contributed by atoms with Gasteiger partial charge in [0.2, 0.25) is 0 Å². The lowest BCUT2D eigenvalue weighted by molar-refractivity contribution is 0.529. The summed E-state index contributed by atoms with van der Waals surface area (Å²) in [7, 11) is 0. The van der Waals surface area contributed by atoms with Gasteiger partial charge in [-0.2, -0.15) is 0 Å². The molecule has 3 aromatic rings. The monoisotopic (exact) mass is 290 g/mol. The maximum absolute atomic E-state index is 6.42. The number of nitrogens with two attached hydrogens (primary N) is 1. The summed E-state index contributed by atoms with van der Waals surface area (Å²) in [6.07, 6.45) is 0. The molecule has 3 rings (SSSR count). The first-order valence-electron chi connectivity index (χ1n) is 7.77. The van der Waals surface area contributed by atoms with Gasteiger partial charge in [-0.25, -0.2) is 0 Å². The lowest BCUT2D eigenvalue weighted by Gasteiger charge is -2.19. The first kappa shape index (κ1) is 14.8. The highest BCUT2D eigenvalue weighted by Crippen LogP contribution is 2.23. The molecule has 3 N–H and O–H groups in total. The summed E-state index contributed by atoms with van der Waals surface area (Å²) in [5.74, 6) is 0. The second-order valence-corrected chi connectivity index (χ2v) is 5.72. The van der Waals surface area contributed by atoms with Gasteiger partial charge in [-0.05, 0) is 28.8 Å². The van der Waals surface area contributed by atoms with E-state index in [1.54, 1.807) is 0 Å². The standard InChI is InChI=1S/C20H22N2/c1-15(16-8-3-2-4-9-16)22-14-20(21)19-13-7-11-17-10-5-6-12-18(17)19/h2-13,15,20,22H,14,21H2,1H3. The molecule has 0 saturated heterocycles. The highest BCUT2D eigenvalue weighted by atomic mass is 14.9. The third-order valence-corrected chi connectivity index (χ3v) is 4.17. The Bertz CT molecular complexity index is 732. The molecule has 0 aliphatic heterocycles. The van der Waals surface area contributed by atoms with Crippen LogP contribution in [0.15, 0.2) is 72.8 Å². The third-order valence-electron chi connectivity index (χ3n) is 4.17. The van der Waals surface area contributed by atoms with Crippen molar-refractivity contribution in [1.82, 2.24) is 5.32 Å². The molecule has 0 spiro atoms. The highest BCUT2D eigenvalue weighted by Gasteiger charge is 2.11. The molecule has 0 aliphatic carbocycles. The summed E-state index contributed by atoms with van der Waals surface area (Å²) in [6.45, 7) is 2.93. The van der Waals surface area contributed by atoms with Crippen LogP contribution in [0.4, 0.5) is 0 Å². The highest BCUT2D eigenvalue weighted by molar-refractivity contribution is 5.86. The number of benzene rings is 3. The molecule has 2 atom stereocenters. The Morgan fingerprint density at radius 3 is 2.36 bits per heavy atom. The molecular formula is C20H22N2. The van der Waals surface area contributed by atoms with Crippen molar-refractivity contribution in [2.75, 3.05) is 6.54 Å². The first-order chi connectivity index (χ1) is 10.8. The van der Waals surface area contributed by atoms with Crippen LogP contribution in [0.3, 0.4) is 0 Å². The number of rotatable bonds is 5. The van der Waals surface area contributed by atoms with Crippen LogP contribution >= 0.6 is 0 Å². The van der Waals surface area contributed by atoms with Crippen molar-refractivity contribution in [3.63, 3.8) is 0 Å². The van der Waals surface area contributed by atoms with Gasteiger partial charge in [-0.3, -0.25) is 0 Å². The van der Waals surface area contributed by atoms with Crippen molar-refractivity contribution in [1.29, 1.82) is 0 Å². The van der Waals surface area contributed by atoms with Gasteiger partial charge >= 0.3 is 0 Å². The van der Waals surface area contributed by atoms with Gasteiger partial charge in [0.15, 0.2) is 0 Å². The SMILES string of the molecule is CC(NCC(N)c1cccc2ccccc12)c1ccccc1. The Hall–Kier alpha value is -2.16. The molecular weight excluding hydrogens is 268 g/mol. The summed E-state index contributed by atoms with van der Waals surface area (Å²) in [6, 6.07) is 25.5. The van der Waals surface area contributed by atoms with E-state index in [0.29, 0.717) is 6.04 Å². The van der Waals surface area contributed by atoms with Crippen molar-refractivity contribution >= 4 is 10.8 Å². The lowest BCUT2D eigenvalue weighted by atomic mass is 9.99. The Labute approximate surface area is 132 Å². The summed E-state index contributed by atoms with van der Waals surface area (Å²) in [5.41, 5.74) is 8.91. The molecule has 0 amide bonds. The molecule has 0 bridgehead atoms. The minimum Gasteiger partial charge on any atom is -0.323 e. The van der Waals surface area contributed by atoms with E-state index >= 15 is 0 Å². The van der Waals surface area contributed by atoms with Crippen LogP contribution in [0.5, 0.6) is 0 Å². The van der Waals surface area contributed by atoms with Crippen LogP contribution in [-0.4, -0.2) is 6.54 Å². The minimum absolute atomic E-state index is 0.0164. The zero-order valence-electron chi connectivity index (χ0n) is 12.9. The van der Waals surface area contributed by atoms with E-state index in [9.17, 15) is 0 Å². The van der Waals surface area contributed by atoms with Gasteiger partial charge in [0.25, 0.3) is 0 Å². The lowest BCUT2D eigenvalue weighted by Crippen LogP contribution is -2.29. The summed E-state index contributed by atoms with van der Waals surface area (Å²) in [5, 5.41) is 6.02. The van der Waals surface area contributed by atoms with Gasteiger partial charge in [-0.15, -0.1) is 0 Å². The fourth-order valence-corrected chi connectivity index (χ4v) is 2.85. The Morgan fingerprint density at radius 1 is 0.864 bits per heavy atom. The number of hydrogen-bond donors (Lipinski definition) is 2. The molecule has 3 aromatic carbocycles. The molecule has 0 aliphatic rings. The first-order valence-corrected chi connectivity index (χ1v) is 7.77. The molecule has 112 valence electrons. The van der Waals surface area contributed by atoms with Gasteiger partial charge in [-0.1, -0.05) is 72.8 Å². The van der Waals surface area contributed by atoms with Crippen molar-refractivity contribution in [3.8, 4) is 0 Å². The van der Waals surface area contributed by atoms with Crippen molar-refractivity contribution in [2.45, 2.75) is 19.0 Å². The number of hydrogen-bond acceptors (Lipinski definition) is 2. The average Bonchev–Trinajstić information content (AvgIpc) is 2.59. The van der Waals surface area contributed by atoms with Crippen molar-refractivity contribution in [3.05, 3.63) is 83.9 Å². The van der Waals surface area contributed by atoms with Gasteiger partial charge in [0.05, 0.1) is 0 Å². The van der Waals surface area contributed by atoms with Crippen molar-refractivity contribution in [2.24, 2.45) is 5.73 Å². The van der Waals surface area contributed by atoms with E-state index in [1.165, 1.54) is 21.9 Å². The largest absolute Gasteiger partial charge is 0.323 e. The van der Waals surface area contributed by atoms with Crippen LogP contribution in [0.2, 0.25) is 0 Å². The molecule has 22 heavy (non-hydrogen) atoms. The topological polar surface area (TPSA) is 38.0 Å². The maximum Gasteiger partial charge on any atom is 0.0428 e. The fraction of sp³-hybridized carbons (Fsp3) is 0.200. The molecule has 0 saturated carbocycles. The molecule has 0 aromatic heterocycles. The number of fused-ring (bicyclic) bond motifs is 1. The molecule has 2 unspecified atom stereocenters. The Kier molecular flexibility index (Phi) is 4.52.